The van der Waals surface area contributed by atoms with E-state index in [4.69, 9.17) is 4.74 Å². The second kappa shape index (κ2) is 6.32. The molecule has 22 heavy (non-hydrogen) atoms. The van der Waals surface area contributed by atoms with Gasteiger partial charge in [0.25, 0.3) is 5.91 Å². The van der Waals surface area contributed by atoms with E-state index in [2.05, 4.69) is 17.4 Å². The minimum absolute atomic E-state index is 0.0208. The number of benzene rings is 2. The van der Waals surface area contributed by atoms with Gasteiger partial charge in [-0.05, 0) is 42.5 Å². The van der Waals surface area contributed by atoms with Crippen molar-refractivity contribution in [2.75, 3.05) is 7.11 Å². The van der Waals surface area contributed by atoms with Gasteiger partial charge in [0.1, 0.15) is 0 Å². The molecule has 0 spiro atoms. The highest BCUT2D eigenvalue weighted by molar-refractivity contribution is 6.01. The molecule has 1 fully saturated rings. The molecule has 1 saturated carbocycles. The zero-order chi connectivity index (χ0) is 15.5. The van der Waals surface area contributed by atoms with Gasteiger partial charge in [0.15, 0.2) is 0 Å². The maximum absolute atomic E-state index is 12.4. The van der Waals surface area contributed by atoms with Gasteiger partial charge < -0.3 is 10.1 Å². The summed E-state index contributed by atoms with van der Waals surface area (Å²) in [6.07, 6.45) is 2.26. The summed E-state index contributed by atoms with van der Waals surface area (Å²) < 4.78 is 5.33. The first-order chi connectivity index (χ1) is 10.7. The van der Waals surface area contributed by atoms with Crippen molar-refractivity contribution >= 4 is 5.91 Å². The molecule has 1 amide bonds. The molecule has 2 aromatic carbocycles. The fourth-order valence-corrected chi connectivity index (χ4v) is 2.49. The van der Waals surface area contributed by atoms with E-state index in [9.17, 15) is 4.79 Å². The van der Waals surface area contributed by atoms with Gasteiger partial charge in [0.2, 0.25) is 0 Å². The van der Waals surface area contributed by atoms with Gasteiger partial charge in [-0.15, -0.1) is 0 Å². The number of hydrogen-bond acceptors (Lipinski definition) is 2. The molecular formula is C19H21NO2. The first-order valence-corrected chi connectivity index (χ1v) is 7.72. The minimum atomic E-state index is 0.0208. The third kappa shape index (κ3) is 3.20. The van der Waals surface area contributed by atoms with Crippen molar-refractivity contribution in [1.82, 2.24) is 5.32 Å². The maximum Gasteiger partial charge on any atom is 0.252 e. The molecule has 3 rings (SSSR count). The van der Waals surface area contributed by atoms with Gasteiger partial charge in [-0.25, -0.2) is 0 Å². The monoisotopic (exact) mass is 295 g/mol. The highest BCUT2D eigenvalue weighted by Crippen LogP contribution is 2.27. The molecule has 0 aliphatic heterocycles. The van der Waals surface area contributed by atoms with Crippen LogP contribution in [-0.4, -0.2) is 19.1 Å². The molecule has 3 nitrogen and oxygen atoms in total. The van der Waals surface area contributed by atoms with Crippen LogP contribution < -0.4 is 5.32 Å². The number of hydrogen-bond donors (Lipinski definition) is 1. The van der Waals surface area contributed by atoms with Crippen LogP contribution in [0.3, 0.4) is 0 Å². The number of carbonyl (C=O) groups is 1. The van der Waals surface area contributed by atoms with Gasteiger partial charge >= 0.3 is 0 Å². The van der Waals surface area contributed by atoms with Gasteiger partial charge in [-0.3, -0.25) is 4.79 Å². The number of ether oxygens (including phenoxy) is 1. The van der Waals surface area contributed by atoms with Crippen LogP contribution in [0.5, 0.6) is 0 Å². The van der Waals surface area contributed by atoms with Gasteiger partial charge in [-0.2, -0.15) is 0 Å². The van der Waals surface area contributed by atoms with Crippen molar-refractivity contribution in [3.05, 3.63) is 59.7 Å². The minimum Gasteiger partial charge on any atom is -0.377 e. The third-order valence-corrected chi connectivity index (χ3v) is 4.13. The first-order valence-electron chi connectivity index (χ1n) is 7.72. The fourth-order valence-electron chi connectivity index (χ4n) is 2.49. The molecule has 1 atom stereocenters. The van der Waals surface area contributed by atoms with E-state index in [0.717, 1.165) is 35.1 Å². The lowest BCUT2D eigenvalue weighted by Gasteiger charge is -2.13. The van der Waals surface area contributed by atoms with E-state index in [1.165, 1.54) is 0 Å². The van der Waals surface area contributed by atoms with E-state index < -0.39 is 0 Å². The van der Waals surface area contributed by atoms with Crippen molar-refractivity contribution in [2.45, 2.75) is 31.9 Å². The molecule has 1 aliphatic rings. The Kier molecular flexibility index (Phi) is 4.25. The summed E-state index contributed by atoms with van der Waals surface area (Å²) in [6, 6.07) is 16.3. The predicted octanol–water partition coefficient (Wildman–Crippen LogP) is 3.95. The fraction of sp³-hybridized carbons (Fsp3) is 0.316. The molecule has 0 saturated heterocycles. The summed E-state index contributed by atoms with van der Waals surface area (Å²) in [4.78, 5) is 12.4. The lowest BCUT2D eigenvalue weighted by Crippen LogP contribution is -2.25. The Morgan fingerprint density at radius 2 is 1.82 bits per heavy atom. The second-order valence-corrected chi connectivity index (χ2v) is 5.79. The molecule has 0 bridgehead atoms. The highest BCUT2D eigenvalue weighted by atomic mass is 16.5. The SMILES string of the molecule is CO[C@@H](C)c1ccc(-c2ccccc2C(=O)NC2CC2)cc1. The standard InChI is InChI=1S/C19H21NO2/c1-13(22-2)14-7-9-15(10-8-14)17-5-3-4-6-18(17)19(21)20-16-11-12-16/h3-10,13,16H,11-12H2,1-2H3,(H,20,21)/t13-/m0/s1. The van der Waals surface area contributed by atoms with Gasteiger partial charge in [-0.1, -0.05) is 42.5 Å². The van der Waals surface area contributed by atoms with Gasteiger partial charge in [0, 0.05) is 18.7 Å². The van der Waals surface area contributed by atoms with Crippen LogP contribution in [-0.2, 0) is 4.74 Å². The van der Waals surface area contributed by atoms with E-state index in [1.54, 1.807) is 7.11 Å². The van der Waals surface area contributed by atoms with Crippen LogP contribution >= 0.6 is 0 Å². The molecule has 1 aliphatic carbocycles. The maximum atomic E-state index is 12.4. The zero-order valence-electron chi connectivity index (χ0n) is 13.0. The van der Waals surface area contributed by atoms with Gasteiger partial charge in [0.05, 0.1) is 6.10 Å². The lowest BCUT2D eigenvalue weighted by atomic mass is 9.97. The summed E-state index contributed by atoms with van der Waals surface area (Å²) in [5.74, 6) is 0.0208. The van der Waals surface area contributed by atoms with Crippen LogP contribution in [0.2, 0.25) is 0 Å². The predicted molar refractivity (Wildman–Crippen MR) is 87.8 cm³/mol. The van der Waals surface area contributed by atoms with Crippen molar-refractivity contribution in [1.29, 1.82) is 0 Å². The van der Waals surface area contributed by atoms with Crippen molar-refractivity contribution in [2.24, 2.45) is 0 Å². The lowest BCUT2D eigenvalue weighted by molar-refractivity contribution is 0.0951. The molecule has 2 aromatic rings. The van der Waals surface area contributed by atoms with Crippen molar-refractivity contribution in [3.8, 4) is 11.1 Å². The van der Waals surface area contributed by atoms with Crippen LogP contribution in [0.15, 0.2) is 48.5 Å². The van der Waals surface area contributed by atoms with Crippen LogP contribution in [0.4, 0.5) is 0 Å². The summed E-state index contributed by atoms with van der Waals surface area (Å²) in [6.45, 7) is 2.02. The molecule has 1 N–H and O–H groups in total. The Bertz CT molecular complexity index is 659. The molecule has 0 aromatic heterocycles. The van der Waals surface area contributed by atoms with E-state index in [1.807, 2.05) is 43.3 Å². The summed E-state index contributed by atoms with van der Waals surface area (Å²) >= 11 is 0. The van der Waals surface area contributed by atoms with E-state index >= 15 is 0 Å². The average molecular weight is 295 g/mol. The van der Waals surface area contributed by atoms with Crippen molar-refractivity contribution in [3.63, 3.8) is 0 Å². The molecular weight excluding hydrogens is 274 g/mol. The largest absolute Gasteiger partial charge is 0.377 e. The van der Waals surface area contributed by atoms with Crippen LogP contribution in [0, 0.1) is 0 Å². The van der Waals surface area contributed by atoms with E-state index in [0.29, 0.717) is 6.04 Å². The molecule has 3 heteroatoms. The molecule has 0 unspecified atom stereocenters. The second-order valence-electron chi connectivity index (χ2n) is 5.79. The summed E-state index contributed by atoms with van der Waals surface area (Å²) in [7, 11) is 1.70. The Morgan fingerprint density at radius 3 is 2.45 bits per heavy atom. The number of methoxy groups -OCH3 is 1. The quantitative estimate of drug-likeness (QED) is 0.907. The van der Waals surface area contributed by atoms with Crippen molar-refractivity contribution < 1.29 is 9.53 Å². The summed E-state index contributed by atoms with van der Waals surface area (Å²) in [5, 5.41) is 3.06. The number of carbonyl (C=O) groups excluding carboxylic acids is 1. The zero-order valence-corrected chi connectivity index (χ0v) is 13.0. The molecule has 0 heterocycles. The molecule has 114 valence electrons. The highest BCUT2D eigenvalue weighted by Gasteiger charge is 2.24. The normalized spacial score (nSPS) is 15.4. The first kappa shape index (κ1) is 14.8. The molecule has 0 radical (unpaired) electrons. The Morgan fingerprint density at radius 1 is 1.14 bits per heavy atom. The Labute approximate surface area is 131 Å². The Balaban J connectivity index is 1.89. The average Bonchev–Trinajstić information content (AvgIpc) is 3.38. The van der Waals surface area contributed by atoms with Crippen LogP contribution in [0.25, 0.3) is 11.1 Å². The topological polar surface area (TPSA) is 38.3 Å². The number of nitrogens with one attached hydrogen (secondary N) is 1. The summed E-state index contributed by atoms with van der Waals surface area (Å²) in [5.41, 5.74) is 3.89. The third-order valence-electron chi connectivity index (χ3n) is 4.13. The van der Waals surface area contributed by atoms with E-state index in [-0.39, 0.29) is 12.0 Å². The van der Waals surface area contributed by atoms with Crippen LogP contribution in [0.1, 0.15) is 41.8 Å². The number of amides is 1. The number of rotatable bonds is 5. The smallest absolute Gasteiger partial charge is 0.252 e. The Hall–Kier alpha value is -2.13.